The summed E-state index contributed by atoms with van der Waals surface area (Å²) < 4.78 is 5.02. The molecule has 1 aromatic carbocycles. The van der Waals surface area contributed by atoms with Gasteiger partial charge >= 0.3 is 0 Å². The predicted molar refractivity (Wildman–Crippen MR) is 68.5 cm³/mol. The maximum Gasteiger partial charge on any atom is 0.251 e. The number of carbonyl (C=O) groups excluding carboxylic acids is 1. The highest BCUT2D eigenvalue weighted by Crippen LogP contribution is 2.30. The molecule has 5 heteroatoms. The zero-order valence-electron chi connectivity index (χ0n) is 10.4. The molecule has 1 fully saturated rings. The van der Waals surface area contributed by atoms with Crippen molar-refractivity contribution in [1.82, 2.24) is 5.32 Å². The molecule has 0 atom stereocenters. The van der Waals surface area contributed by atoms with Crippen molar-refractivity contribution in [2.24, 2.45) is 0 Å². The third-order valence-electron chi connectivity index (χ3n) is 3.35. The standard InChI is InChI=1S/C13H18N2O3/c1-18-11-4-3-9(7-10(11)14)12(16)15-8-13(17)5-2-6-13/h3-4,7,17H,2,5-6,8,14H2,1H3,(H,15,16). The molecule has 18 heavy (non-hydrogen) atoms. The van der Waals surface area contributed by atoms with Gasteiger partial charge in [0.15, 0.2) is 0 Å². The van der Waals surface area contributed by atoms with E-state index in [0.29, 0.717) is 17.0 Å². The second-order valence-electron chi connectivity index (χ2n) is 4.72. The van der Waals surface area contributed by atoms with E-state index in [1.54, 1.807) is 18.2 Å². The quantitative estimate of drug-likeness (QED) is 0.694. The van der Waals surface area contributed by atoms with E-state index in [-0.39, 0.29) is 12.5 Å². The molecule has 0 spiro atoms. The van der Waals surface area contributed by atoms with E-state index in [1.807, 2.05) is 0 Å². The Bertz CT molecular complexity index is 456. The van der Waals surface area contributed by atoms with Crippen molar-refractivity contribution in [2.75, 3.05) is 19.4 Å². The van der Waals surface area contributed by atoms with Crippen LogP contribution >= 0.6 is 0 Å². The summed E-state index contributed by atoms with van der Waals surface area (Å²) in [5.41, 5.74) is 5.91. The van der Waals surface area contributed by atoms with E-state index in [4.69, 9.17) is 10.5 Å². The van der Waals surface area contributed by atoms with Gasteiger partial charge in [0.1, 0.15) is 5.75 Å². The Labute approximate surface area is 106 Å². The van der Waals surface area contributed by atoms with Crippen LogP contribution in [0.1, 0.15) is 29.6 Å². The summed E-state index contributed by atoms with van der Waals surface area (Å²) in [7, 11) is 1.53. The first-order chi connectivity index (χ1) is 8.54. The number of benzene rings is 1. The number of amides is 1. The van der Waals surface area contributed by atoms with Crippen LogP contribution in [0.4, 0.5) is 5.69 Å². The summed E-state index contributed by atoms with van der Waals surface area (Å²) >= 11 is 0. The van der Waals surface area contributed by atoms with E-state index in [0.717, 1.165) is 19.3 Å². The molecular weight excluding hydrogens is 232 g/mol. The van der Waals surface area contributed by atoms with Crippen molar-refractivity contribution in [3.8, 4) is 5.75 Å². The van der Waals surface area contributed by atoms with Gasteiger partial charge in [0.2, 0.25) is 0 Å². The fourth-order valence-corrected chi connectivity index (χ4v) is 1.98. The summed E-state index contributed by atoms with van der Waals surface area (Å²) in [4.78, 5) is 11.9. The molecule has 1 aliphatic carbocycles. The molecule has 0 radical (unpaired) electrons. The van der Waals surface area contributed by atoms with Gasteiger partial charge in [-0.05, 0) is 37.5 Å². The largest absolute Gasteiger partial charge is 0.495 e. The highest BCUT2D eigenvalue weighted by Gasteiger charge is 2.34. The highest BCUT2D eigenvalue weighted by atomic mass is 16.5. The molecule has 0 aromatic heterocycles. The van der Waals surface area contributed by atoms with Crippen molar-refractivity contribution in [2.45, 2.75) is 24.9 Å². The molecule has 0 saturated heterocycles. The number of aliphatic hydroxyl groups is 1. The Kier molecular flexibility index (Phi) is 3.43. The van der Waals surface area contributed by atoms with Crippen LogP contribution in [-0.2, 0) is 0 Å². The second kappa shape index (κ2) is 4.86. The SMILES string of the molecule is COc1ccc(C(=O)NCC2(O)CCC2)cc1N. The molecule has 0 aliphatic heterocycles. The van der Waals surface area contributed by atoms with Gasteiger partial charge in [0, 0.05) is 12.1 Å². The van der Waals surface area contributed by atoms with Crippen LogP contribution in [0.15, 0.2) is 18.2 Å². The van der Waals surface area contributed by atoms with Gasteiger partial charge in [0.05, 0.1) is 18.4 Å². The first-order valence-corrected chi connectivity index (χ1v) is 5.98. The molecule has 0 unspecified atom stereocenters. The van der Waals surface area contributed by atoms with Crippen LogP contribution in [-0.4, -0.2) is 30.3 Å². The molecule has 1 aromatic rings. The van der Waals surface area contributed by atoms with E-state index in [9.17, 15) is 9.90 Å². The van der Waals surface area contributed by atoms with Crippen LogP contribution < -0.4 is 15.8 Å². The first kappa shape index (κ1) is 12.7. The van der Waals surface area contributed by atoms with Crippen LogP contribution in [0.5, 0.6) is 5.75 Å². The maximum atomic E-state index is 11.9. The van der Waals surface area contributed by atoms with Crippen LogP contribution in [0.2, 0.25) is 0 Å². The Balaban J connectivity index is 1.98. The lowest BCUT2D eigenvalue weighted by Crippen LogP contribution is -2.47. The number of anilines is 1. The van der Waals surface area contributed by atoms with Crippen molar-refractivity contribution in [1.29, 1.82) is 0 Å². The third-order valence-corrected chi connectivity index (χ3v) is 3.35. The number of nitrogen functional groups attached to an aromatic ring is 1. The molecule has 98 valence electrons. The summed E-state index contributed by atoms with van der Waals surface area (Å²) in [5, 5.41) is 12.6. The first-order valence-electron chi connectivity index (χ1n) is 5.98. The topological polar surface area (TPSA) is 84.6 Å². The molecule has 4 N–H and O–H groups in total. The Hall–Kier alpha value is -1.75. The van der Waals surface area contributed by atoms with Gasteiger partial charge in [0.25, 0.3) is 5.91 Å². The molecule has 0 bridgehead atoms. The number of nitrogens with two attached hydrogens (primary N) is 1. The van der Waals surface area contributed by atoms with E-state index >= 15 is 0 Å². The third kappa shape index (κ3) is 2.56. The smallest absolute Gasteiger partial charge is 0.251 e. The zero-order valence-corrected chi connectivity index (χ0v) is 10.4. The monoisotopic (exact) mass is 250 g/mol. The molecular formula is C13H18N2O3. The Morgan fingerprint density at radius 2 is 2.28 bits per heavy atom. The summed E-state index contributed by atoms with van der Waals surface area (Å²) in [6.07, 6.45) is 2.51. The minimum Gasteiger partial charge on any atom is -0.495 e. The number of nitrogens with one attached hydrogen (secondary N) is 1. The normalized spacial score (nSPS) is 16.8. The van der Waals surface area contributed by atoms with Gasteiger partial charge < -0.3 is 20.9 Å². The van der Waals surface area contributed by atoms with Gasteiger partial charge in [-0.1, -0.05) is 0 Å². The number of ether oxygens (including phenoxy) is 1. The number of hydrogen-bond donors (Lipinski definition) is 3. The average Bonchev–Trinajstić information content (AvgIpc) is 2.33. The molecule has 1 saturated carbocycles. The Morgan fingerprint density at radius 1 is 1.56 bits per heavy atom. The minimum absolute atomic E-state index is 0.232. The number of rotatable bonds is 4. The van der Waals surface area contributed by atoms with Gasteiger partial charge in [-0.25, -0.2) is 0 Å². The fraction of sp³-hybridized carbons (Fsp3) is 0.462. The van der Waals surface area contributed by atoms with E-state index in [2.05, 4.69) is 5.32 Å². The van der Waals surface area contributed by atoms with E-state index < -0.39 is 5.60 Å². The van der Waals surface area contributed by atoms with Crippen molar-refractivity contribution in [3.63, 3.8) is 0 Å². The average molecular weight is 250 g/mol. The molecule has 2 rings (SSSR count). The lowest BCUT2D eigenvalue weighted by molar-refractivity contribution is -0.0300. The van der Waals surface area contributed by atoms with Crippen LogP contribution in [0, 0.1) is 0 Å². The summed E-state index contributed by atoms with van der Waals surface area (Å²) in [5.74, 6) is 0.314. The Morgan fingerprint density at radius 3 is 2.78 bits per heavy atom. The van der Waals surface area contributed by atoms with E-state index in [1.165, 1.54) is 7.11 Å². The summed E-state index contributed by atoms with van der Waals surface area (Å²) in [6, 6.07) is 4.87. The fourth-order valence-electron chi connectivity index (χ4n) is 1.98. The van der Waals surface area contributed by atoms with Crippen molar-refractivity contribution in [3.05, 3.63) is 23.8 Å². The lowest BCUT2D eigenvalue weighted by atomic mass is 9.80. The molecule has 0 heterocycles. The van der Waals surface area contributed by atoms with Crippen LogP contribution in [0.3, 0.4) is 0 Å². The minimum atomic E-state index is -0.715. The van der Waals surface area contributed by atoms with Crippen molar-refractivity contribution < 1.29 is 14.6 Å². The highest BCUT2D eigenvalue weighted by molar-refractivity contribution is 5.95. The maximum absolute atomic E-state index is 11.9. The number of hydrogen-bond acceptors (Lipinski definition) is 4. The second-order valence-corrected chi connectivity index (χ2v) is 4.72. The molecule has 5 nitrogen and oxygen atoms in total. The predicted octanol–water partition coefficient (Wildman–Crippen LogP) is 0.922. The number of carbonyl (C=O) groups is 1. The zero-order chi connectivity index (χ0) is 13.2. The molecule has 1 aliphatic rings. The van der Waals surface area contributed by atoms with Gasteiger partial charge in [-0.3, -0.25) is 4.79 Å². The number of methoxy groups -OCH3 is 1. The van der Waals surface area contributed by atoms with Gasteiger partial charge in [-0.15, -0.1) is 0 Å². The van der Waals surface area contributed by atoms with Gasteiger partial charge in [-0.2, -0.15) is 0 Å². The lowest BCUT2D eigenvalue weighted by Gasteiger charge is -2.36. The summed E-state index contributed by atoms with van der Waals surface area (Å²) in [6.45, 7) is 0.289. The molecule has 1 amide bonds. The van der Waals surface area contributed by atoms with Crippen molar-refractivity contribution >= 4 is 11.6 Å². The van der Waals surface area contributed by atoms with Crippen LogP contribution in [0.25, 0.3) is 0 Å².